The van der Waals surface area contributed by atoms with Crippen molar-refractivity contribution in [1.29, 1.82) is 0 Å². The van der Waals surface area contributed by atoms with E-state index in [1.54, 1.807) is 12.4 Å². The molecule has 0 atom stereocenters. The third-order valence-electron chi connectivity index (χ3n) is 3.11. The van der Waals surface area contributed by atoms with Gasteiger partial charge in [-0.2, -0.15) is 5.10 Å². The average Bonchev–Trinajstić information content (AvgIpc) is 2.51. The summed E-state index contributed by atoms with van der Waals surface area (Å²) in [5, 5.41) is 16.1. The minimum Gasteiger partial charge on any atom is -0.394 e. The van der Waals surface area contributed by atoms with Gasteiger partial charge in [-0.15, -0.1) is 0 Å². The number of hydrogen-bond donors (Lipinski definition) is 2. The molecule has 2 aromatic rings. The standard InChI is InChI=1S/C14H17BrN4O2/c1-2-10-4-3-5-16-11(10)8-17-12-9-18-19(6-7-20)14(21)13(12)15/h3-5,9,17,20H,2,6-8H2,1H3. The van der Waals surface area contributed by atoms with Crippen LogP contribution in [0.25, 0.3) is 0 Å². The van der Waals surface area contributed by atoms with Crippen LogP contribution in [0.2, 0.25) is 0 Å². The van der Waals surface area contributed by atoms with Crippen LogP contribution < -0.4 is 10.9 Å². The highest BCUT2D eigenvalue weighted by Crippen LogP contribution is 2.17. The highest BCUT2D eigenvalue weighted by Gasteiger charge is 2.09. The molecule has 0 aromatic carbocycles. The molecule has 0 saturated carbocycles. The molecule has 0 unspecified atom stereocenters. The maximum atomic E-state index is 12.0. The van der Waals surface area contributed by atoms with Crippen molar-refractivity contribution in [1.82, 2.24) is 14.8 Å². The first kappa shape index (κ1) is 15.7. The second kappa shape index (κ2) is 7.33. The van der Waals surface area contributed by atoms with Gasteiger partial charge in [0.2, 0.25) is 0 Å². The molecule has 0 radical (unpaired) electrons. The predicted molar refractivity (Wildman–Crippen MR) is 84.2 cm³/mol. The Hall–Kier alpha value is -1.73. The summed E-state index contributed by atoms with van der Waals surface area (Å²) in [7, 11) is 0. The third kappa shape index (κ3) is 3.68. The summed E-state index contributed by atoms with van der Waals surface area (Å²) in [6.07, 6.45) is 4.22. The van der Waals surface area contributed by atoms with Gasteiger partial charge in [-0.05, 0) is 34.0 Å². The van der Waals surface area contributed by atoms with E-state index in [0.29, 0.717) is 16.7 Å². The van der Waals surface area contributed by atoms with E-state index in [4.69, 9.17) is 5.11 Å². The van der Waals surface area contributed by atoms with E-state index in [0.717, 1.165) is 12.1 Å². The van der Waals surface area contributed by atoms with Gasteiger partial charge in [-0.25, -0.2) is 4.68 Å². The molecule has 0 bridgehead atoms. The highest BCUT2D eigenvalue weighted by atomic mass is 79.9. The Balaban J connectivity index is 2.17. The van der Waals surface area contributed by atoms with Crippen LogP contribution in [-0.4, -0.2) is 26.5 Å². The fourth-order valence-corrected chi connectivity index (χ4v) is 2.42. The maximum absolute atomic E-state index is 12.0. The van der Waals surface area contributed by atoms with Crippen LogP contribution >= 0.6 is 15.9 Å². The first-order valence-corrected chi connectivity index (χ1v) is 7.49. The second-order valence-corrected chi connectivity index (χ2v) is 5.23. The van der Waals surface area contributed by atoms with E-state index >= 15 is 0 Å². The van der Waals surface area contributed by atoms with Crippen LogP contribution in [0.3, 0.4) is 0 Å². The normalized spacial score (nSPS) is 10.6. The monoisotopic (exact) mass is 352 g/mol. The zero-order valence-electron chi connectivity index (χ0n) is 11.7. The minimum atomic E-state index is -0.272. The van der Waals surface area contributed by atoms with Crippen molar-refractivity contribution >= 4 is 21.6 Å². The number of pyridine rings is 1. The number of aliphatic hydroxyl groups excluding tert-OH is 1. The van der Waals surface area contributed by atoms with Crippen LogP contribution in [0, 0.1) is 0 Å². The Labute approximate surface area is 131 Å². The first-order valence-electron chi connectivity index (χ1n) is 6.70. The van der Waals surface area contributed by atoms with Gasteiger partial charge in [0.25, 0.3) is 5.56 Å². The van der Waals surface area contributed by atoms with Crippen LogP contribution in [0.5, 0.6) is 0 Å². The molecule has 0 aliphatic heterocycles. The van der Waals surface area contributed by atoms with Crippen LogP contribution in [0.1, 0.15) is 18.2 Å². The Bertz CT molecular complexity index is 672. The summed E-state index contributed by atoms with van der Waals surface area (Å²) in [5.74, 6) is 0. The fourth-order valence-electron chi connectivity index (χ4n) is 1.97. The van der Waals surface area contributed by atoms with Gasteiger partial charge >= 0.3 is 0 Å². The molecule has 21 heavy (non-hydrogen) atoms. The number of anilines is 1. The van der Waals surface area contributed by atoms with Gasteiger partial charge in [0.05, 0.1) is 37.3 Å². The van der Waals surface area contributed by atoms with E-state index in [-0.39, 0.29) is 18.7 Å². The number of halogens is 1. The van der Waals surface area contributed by atoms with Crippen LogP contribution in [0.4, 0.5) is 5.69 Å². The average molecular weight is 353 g/mol. The molecular formula is C14H17BrN4O2. The lowest BCUT2D eigenvalue weighted by Gasteiger charge is -2.11. The summed E-state index contributed by atoms with van der Waals surface area (Å²) in [5.41, 5.74) is 2.46. The Morgan fingerprint density at radius 3 is 3.00 bits per heavy atom. The van der Waals surface area contributed by atoms with Crippen molar-refractivity contribution in [2.45, 2.75) is 26.4 Å². The van der Waals surface area contributed by atoms with Gasteiger partial charge < -0.3 is 10.4 Å². The lowest BCUT2D eigenvalue weighted by Crippen LogP contribution is -2.25. The molecular weight excluding hydrogens is 336 g/mol. The molecule has 0 aliphatic rings. The van der Waals surface area contributed by atoms with Crippen molar-refractivity contribution in [3.05, 3.63) is 50.6 Å². The maximum Gasteiger partial charge on any atom is 0.283 e. The van der Waals surface area contributed by atoms with Crippen molar-refractivity contribution in [2.24, 2.45) is 0 Å². The van der Waals surface area contributed by atoms with Crippen LogP contribution in [0.15, 0.2) is 33.8 Å². The molecule has 0 amide bonds. The Kier molecular flexibility index (Phi) is 5.46. The molecule has 7 heteroatoms. The summed E-state index contributed by atoms with van der Waals surface area (Å²) in [4.78, 5) is 16.3. The van der Waals surface area contributed by atoms with Gasteiger partial charge in [0.15, 0.2) is 0 Å². The molecule has 0 spiro atoms. The topological polar surface area (TPSA) is 80.0 Å². The molecule has 112 valence electrons. The molecule has 2 N–H and O–H groups in total. The van der Waals surface area contributed by atoms with E-state index in [1.165, 1.54) is 10.2 Å². The fraction of sp³-hybridized carbons (Fsp3) is 0.357. The Morgan fingerprint density at radius 2 is 2.29 bits per heavy atom. The lowest BCUT2D eigenvalue weighted by molar-refractivity contribution is 0.266. The van der Waals surface area contributed by atoms with Crippen molar-refractivity contribution in [2.75, 3.05) is 11.9 Å². The number of nitrogens with zero attached hydrogens (tertiary/aromatic N) is 3. The SMILES string of the molecule is CCc1cccnc1CNc1cnn(CCO)c(=O)c1Br. The largest absolute Gasteiger partial charge is 0.394 e. The summed E-state index contributed by atoms with van der Waals surface area (Å²) in [6.45, 7) is 2.65. The summed E-state index contributed by atoms with van der Waals surface area (Å²) in [6, 6.07) is 3.95. The molecule has 2 heterocycles. The number of aliphatic hydroxyl groups is 1. The minimum absolute atomic E-state index is 0.125. The summed E-state index contributed by atoms with van der Waals surface area (Å²) >= 11 is 3.27. The number of nitrogens with one attached hydrogen (secondary N) is 1. The van der Waals surface area contributed by atoms with Gasteiger partial charge in [-0.3, -0.25) is 9.78 Å². The second-order valence-electron chi connectivity index (χ2n) is 4.44. The number of hydrogen-bond acceptors (Lipinski definition) is 5. The summed E-state index contributed by atoms with van der Waals surface area (Å²) < 4.78 is 1.62. The quantitative estimate of drug-likeness (QED) is 0.824. The molecule has 0 fully saturated rings. The zero-order chi connectivity index (χ0) is 15.2. The smallest absolute Gasteiger partial charge is 0.283 e. The first-order chi connectivity index (χ1) is 10.2. The Morgan fingerprint density at radius 1 is 1.48 bits per heavy atom. The number of aromatic nitrogens is 3. The van der Waals surface area contributed by atoms with E-state index in [2.05, 4.69) is 38.3 Å². The van der Waals surface area contributed by atoms with Crippen molar-refractivity contribution in [3.8, 4) is 0 Å². The molecule has 2 aromatic heterocycles. The molecule has 0 aliphatic carbocycles. The van der Waals surface area contributed by atoms with E-state index in [1.807, 2.05) is 12.1 Å². The molecule has 6 nitrogen and oxygen atoms in total. The lowest BCUT2D eigenvalue weighted by atomic mass is 10.1. The van der Waals surface area contributed by atoms with Gasteiger partial charge in [-0.1, -0.05) is 13.0 Å². The van der Waals surface area contributed by atoms with Crippen molar-refractivity contribution in [3.63, 3.8) is 0 Å². The van der Waals surface area contributed by atoms with Gasteiger partial charge in [0, 0.05) is 6.20 Å². The third-order valence-corrected chi connectivity index (χ3v) is 3.87. The van der Waals surface area contributed by atoms with E-state index < -0.39 is 0 Å². The van der Waals surface area contributed by atoms with Crippen LogP contribution in [-0.2, 0) is 19.5 Å². The number of rotatable bonds is 6. The van der Waals surface area contributed by atoms with E-state index in [9.17, 15) is 4.79 Å². The zero-order valence-corrected chi connectivity index (χ0v) is 13.3. The number of aryl methyl sites for hydroxylation is 1. The van der Waals surface area contributed by atoms with Crippen molar-refractivity contribution < 1.29 is 5.11 Å². The van der Waals surface area contributed by atoms with Gasteiger partial charge in [0.1, 0.15) is 4.47 Å². The highest BCUT2D eigenvalue weighted by molar-refractivity contribution is 9.10. The molecule has 2 rings (SSSR count). The molecule has 0 saturated heterocycles. The predicted octanol–water partition coefficient (Wildman–Crippen LogP) is 1.57.